The van der Waals surface area contributed by atoms with Gasteiger partial charge in [0.05, 0.1) is 12.4 Å². The number of imidazole rings is 1. The summed E-state index contributed by atoms with van der Waals surface area (Å²) in [5.41, 5.74) is 5.72. The first-order chi connectivity index (χ1) is 7.17. The molecule has 1 unspecified atom stereocenters. The minimum Gasteiger partial charge on any atom is -0.337 e. The third kappa shape index (κ3) is 3.11. The predicted octanol–water partition coefficient (Wildman–Crippen LogP) is -0.407. The Hall–Kier alpha value is -1.80. The van der Waals surface area contributed by atoms with E-state index in [1.165, 1.54) is 0 Å². The molecule has 3 N–H and O–H groups in total. The molecule has 0 radical (unpaired) electrons. The average molecular weight is 206 g/mol. The molecule has 5 heteroatoms. The van der Waals surface area contributed by atoms with Gasteiger partial charge in [-0.2, -0.15) is 0 Å². The topological polar surface area (TPSA) is 72.9 Å². The molecular formula is C10H14N4O. The summed E-state index contributed by atoms with van der Waals surface area (Å²) >= 11 is 0. The number of carbonyl (C=O) groups is 1. The smallest absolute Gasteiger partial charge is 0.272 e. The van der Waals surface area contributed by atoms with Gasteiger partial charge < -0.3 is 15.6 Å². The molecule has 5 nitrogen and oxygen atoms in total. The van der Waals surface area contributed by atoms with Crippen molar-refractivity contribution in [1.29, 1.82) is 0 Å². The summed E-state index contributed by atoms with van der Waals surface area (Å²) in [6.45, 7) is 2.89. The molecule has 0 saturated carbocycles. The highest BCUT2D eigenvalue weighted by Crippen LogP contribution is 1.96. The second kappa shape index (κ2) is 5.17. The molecule has 0 saturated heterocycles. The lowest BCUT2D eigenvalue weighted by Crippen LogP contribution is -2.31. The van der Waals surface area contributed by atoms with Gasteiger partial charge in [0, 0.05) is 19.3 Å². The molecule has 0 bridgehead atoms. The van der Waals surface area contributed by atoms with Gasteiger partial charge in [-0.15, -0.1) is 6.42 Å². The summed E-state index contributed by atoms with van der Waals surface area (Å²) in [5.74, 6) is 2.14. The van der Waals surface area contributed by atoms with Crippen molar-refractivity contribution in [3.05, 3.63) is 18.2 Å². The van der Waals surface area contributed by atoms with Crippen LogP contribution < -0.4 is 11.1 Å². The van der Waals surface area contributed by atoms with Gasteiger partial charge in [-0.05, 0) is 6.92 Å². The van der Waals surface area contributed by atoms with E-state index in [0.29, 0.717) is 18.8 Å². The van der Waals surface area contributed by atoms with Crippen molar-refractivity contribution in [2.75, 3.05) is 6.54 Å². The fraction of sp³-hybridized carbons (Fsp3) is 0.400. The van der Waals surface area contributed by atoms with Crippen molar-refractivity contribution in [3.63, 3.8) is 0 Å². The Kier molecular flexibility index (Phi) is 3.89. The maximum absolute atomic E-state index is 11.5. The fourth-order valence-electron chi connectivity index (χ4n) is 1.06. The molecule has 1 aromatic rings. The van der Waals surface area contributed by atoms with E-state index >= 15 is 0 Å². The standard InChI is InChI=1S/C10H14N4O/c1-3-8(2)13-10(15)9-6-14(5-4-11)7-12-9/h1,6-8H,4-5,11H2,2H3,(H,13,15). The van der Waals surface area contributed by atoms with Crippen LogP contribution in [0.2, 0.25) is 0 Å². The number of hydrogen-bond donors (Lipinski definition) is 2. The van der Waals surface area contributed by atoms with Crippen molar-refractivity contribution in [2.24, 2.45) is 5.73 Å². The maximum atomic E-state index is 11.5. The van der Waals surface area contributed by atoms with Crippen molar-refractivity contribution in [3.8, 4) is 12.3 Å². The van der Waals surface area contributed by atoms with Crippen molar-refractivity contribution in [1.82, 2.24) is 14.9 Å². The highest BCUT2D eigenvalue weighted by molar-refractivity contribution is 5.92. The van der Waals surface area contributed by atoms with Gasteiger partial charge >= 0.3 is 0 Å². The van der Waals surface area contributed by atoms with E-state index in [4.69, 9.17) is 12.2 Å². The fourth-order valence-corrected chi connectivity index (χ4v) is 1.06. The van der Waals surface area contributed by atoms with Crippen LogP contribution in [0.25, 0.3) is 0 Å². The number of nitrogens with zero attached hydrogens (tertiary/aromatic N) is 2. The molecule has 0 spiro atoms. The number of amides is 1. The number of nitrogens with two attached hydrogens (primary N) is 1. The number of terminal acetylenes is 1. The van der Waals surface area contributed by atoms with Crippen LogP contribution in [0.5, 0.6) is 0 Å². The van der Waals surface area contributed by atoms with Gasteiger partial charge in [0.25, 0.3) is 5.91 Å². The van der Waals surface area contributed by atoms with Gasteiger partial charge in [-0.1, -0.05) is 5.92 Å². The zero-order chi connectivity index (χ0) is 11.3. The van der Waals surface area contributed by atoms with Crippen molar-refractivity contribution < 1.29 is 4.79 Å². The van der Waals surface area contributed by atoms with Gasteiger partial charge in [-0.3, -0.25) is 4.79 Å². The van der Waals surface area contributed by atoms with E-state index in [2.05, 4.69) is 16.2 Å². The van der Waals surface area contributed by atoms with Crippen LogP contribution in [0.3, 0.4) is 0 Å². The Bertz CT molecular complexity index is 377. The molecule has 0 aliphatic carbocycles. The maximum Gasteiger partial charge on any atom is 0.272 e. The number of carbonyl (C=O) groups excluding carboxylic acids is 1. The highest BCUT2D eigenvalue weighted by atomic mass is 16.1. The van der Waals surface area contributed by atoms with Crippen LogP contribution in [-0.2, 0) is 6.54 Å². The lowest BCUT2D eigenvalue weighted by atomic mass is 10.3. The Balaban J connectivity index is 2.62. The Labute approximate surface area is 88.7 Å². The Morgan fingerprint density at radius 2 is 2.60 bits per heavy atom. The third-order valence-electron chi connectivity index (χ3n) is 1.85. The molecule has 1 rings (SSSR count). The zero-order valence-corrected chi connectivity index (χ0v) is 8.60. The molecule has 1 heterocycles. The molecule has 1 atom stereocenters. The molecule has 15 heavy (non-hydrogen) atoms. The van der Waals surface area contributed by atoms with Gasteiger partial charge in [-0.25, -0.2) is 4.98 Å². The van der Waals surface area contributed by atoms with Crippen molar-refractivity contribution >= 4 is 5.91 Å². The average Bonchev–Trinajstić information content (AvgIpc) is 2.67. The molecule has 80 valence electrons. The first kappa shape index (κ1) is 11.3. The van der Waals surface area contributed by atoms with Crippen LogP contribution >= 0.6 is 0 Å². The SMILES string of the molecule is C#CC(C)NC(=O)c1cn(CCN)cn1. The van der Waals surface area contributed by atoms with Crippen molar-refractivity contribution in [2.45, 2.75) is 19.5 Å². The van der Waals surface area contributed by atoms with Gasteiger partial charge in [0.2, 0.25) is 0 Å². The summed E-state index contributed by atoms with van der Waals surface area (Å²) in [6.07, 6.45) is 8.36. The lowest BCUT2D eigenvalue weighted by molar-refractivity contribution is 0.0943. The second-order valence-corrected chi connectivity index (χ2v) is 3.15. The van der Waals surface area contributed by atoms with Crippen LogP contribution in [0.4, 0.5) is 0 Å². The predicted molar refractivity (Wildman–Crippen MR) is 57.0 cm³/mol. The normalized spacial score (nSPS) is 11.8. The number of aromatic nitrogens is 2. The first-order valence-electron chi connectivity index (χ1n) is 4.66. The molecule has 0 fully saturated rings. The first-order valence-corrected chi connectivity index (χ1v) is 4.66. The van der Waals surface area contributed by atoms with E-state index in [0.717, 1.165) is 0 Å². The minimum absolute atomic E-state index is 0.267. The Morgan fingerprint density at radius 3 is 3.20 bits per heavy atom. The van der Waals surface area contributed by atoms with Crippen LogP contribution in [0.15, 0.2) is 12.5 Å². The Morgan fingerprint density at radius 1 is 1.87 bits per heavy atom. The summed E-state index contributed by atoms with van der Waals surface area (Å²) in [4.78, 5) is 15.5. The van der Waals surface area contributed by atoms with E-state index < -0.39 is 0 Å². The summed E-state index contributed by atoms with van der Waals surface area (Å²) in [5, 5.41) is 2.62. The van der Waals surface area contributed by atoms with E-state index in [1.807, 2.05) is 0 Å². The molecule has 0 aromatic carbocycles. The van der Waals surface area contributed by atoms with Gasteiger partial charge in [0.15, 0.2) is 0 Å². The highest BCUT2D eigenvalue weighted by Gasteiger charge is 2.10. The van der Waals surface area contributed by atoms with Gasteiger partial charge in [0.1, 0.15) is 5.69 Å². The number of rotatable bonds is 4. The summed E-state index contributed by atoms with van der Waals surface area (Å²) in [7, 11) is 0. The van der Waals surface area contributed by atoms with Crippen LogP contribution in [-0.4, -0.2) is 28.0 Å². The molecule has 0 aliphatic heterocycles. The summed E-state index contributed by atoms with van der Waals surface area (Å²) in [6, 6.07) is -0.294. The zero-order valence-electron chi connectivity index (χ0n) is 8.60. The third-order valence-corrected chi connectivity index (χ3v) is 1.85. The quantitative estimate of drug-likeness (QED) is 0.658. The van der Waals surface area contributed by atoms with Crippen LogP contribution in [0.1, 0.15) is 17.4 Å². The second-order valence-electron chi connectivity index (χ2n) is 3.15. The minimum atomic E-state index is -0.294. The summed E-state index contributed by atoms with van der Waals surface area (Å²) < 4.78 is 1.76. The van der Waals surface area contributed by atoms with E-state index in [-0.39, 0.29) is 11.9 Å². The molecule has 1 amide bonds. The van der Waals surface area contributed by atoms with E-state index in [1.54, 1.807) is 24.0 Å². The number of hydrogen-bond acceptors (Lipinski definition) is 3. The monoisotopic (exact) mass is 206 g/mol. The largest absolute Gasteiger partial charge is 0.337 e. The molecular weight excluding hydrogens is 192 g/mol. The lowest BCUT2D eigenvalue weighted by Gasteiger charge is -2.04. The van der Waals surface area contributed by atoms with Crippen LogP contribution in [0, 0.1) is 12.3 Å². The van der Waals surface area contributed by atoms with E-state index in [9.17, 15) is 4.79 Å². The molecule has 1 aromatic heterocycles. The number of nitrogens with one attached hydrogen (secondary N) is 1. The molecule has 0 aliphatic rings.